The van der Waals surface area contributed by atoms with Crippen molar-refractivity contribution in [3.05, 3.63) is 76.7 Å². The Morgan fingerprint density at radius 1 is 0.826 bits per heavy atom. The number of benzene rings is 2. The zero-order valence-electron chi connectivity index (χ0n) is 11.2. The Labute approximate surface area is 126 Å². The highest BCUT2D eigenvalue weighted by Gasteiger charge is 2.30. The lowest BCUT2D eigenvalue weighted by Crippen LogP contribution is -2.13. The lowest BCUT2D eigenvalue weighted by Gasteiger charge is -2.08. The second kappa shape index (κ2) is 5.42. The van der Waals surface area contributed by atoms with Gasteiger partial charge in [-0.15, -0.1) is 0 Å². The van der Waals surface area contributed by atoms with E-state index in [0.29, 0.717) is 10.9 Å². The van der Waals surface area contributed by atoms with E-state index in [1.807, 2.05) is 0 Å². The van der Waals surface area contributed by atoms with Crippen LogP contribution in [0.4, 0.5) is 22.0 Å². The maximum absolute atomic E-state index is 13.7. The van der Waals surface area contributed by atoms with Gasteiger partial charge in [-0.1, -0.05) is 18.2 Å². The molecule has 0 radical (unpaired) electrons. The van der Waals surface area contributed by atoms with Crippen LogP contribution in [0.1, 0.15) is 15.9 Å². The first-order valence-electron chi connectivity index (χ1n) is 6.32. The van der Waals surface area contributed by atoms with Crippen molar-refractivity contribution in [2.45, 2.75) is 0 Å². The predicted octanol–water partition coefficient (Wildman–Crippen LogP) is 4.16. The molecule has 3 aromatic rings. The zero-order valence-corrected chi connectivity index (χ0v) is 11.2. The first kappa shape index (κ1) is 15.1. The fourth-order valence-corrected chi connectivity index (χ4v) is 2.14. The van der Waals surface area contributed by atoms with Crippen molar-refractivity contribution < 1.29 is 26.7 Å². The van der Waals surface area contributed by atoms with Crippen molar-refractivity contribution in [2.75, 3.05) is 0 Å². The number of halogens is 5. The molecule has 0 saturated carbocycles. The molecular weight excluding hydrogens is 317 g/mol. The number of aromatic nitrogens is 1. The molecule has 2 aromatic carbocycles. The van der Waals surface area contributed by atoms with Crippen molar-refractivity contribution in [1.82, 2.24) is 4.98 Å². The number of fused-ring (bicyclic) bond motifs is 1. The molecule has 2 nitrogen and oxygen atoms in total. The molecule has 3 rings (SSSR count). The summed E-state index contributed by atoms with van der Waals surface area (Å²) in [4.78, 5) is 16.1. The Kier molecular flexibility index (Phi) is 3.55. The van der Waals surface area contributed by atoms with Crippen LogP contribution >= 0.6 is 0 Å². The number of nitrogens with zero attached hydrogens (tertiary/aromatic N) is 1. The van der Waals surface area contributed by atoms with Gasteiger partial charge in [0.1, 0.15) is 5.56 Å². The smallest absolute Gasteiger partial charge is 0.200 e. The molecule has 23 heavy (non-hydrogen) atoms. The second-order valence-corrected chi connectivity index (χ2v) is 4.69. The third kappa shape index (κ3) is 2.34. The zero-order chi connectivity index (χ0) is 16.7. The van der Waals surface area contributed by atoms with Gasteiger partial charge in [0.25, 0.3) is 0 Å². The van der Waals surface area contributed by atoms with Gasteiger partial charge in [0, 0.05) is 17.1 Å². The van der Waals surface area contributed by atoms with E-state index in [-0.39, 0.29) is 5.56 Å². The molecule has 1 aromatic heterocycles. The van der Waals surface area contributed by atoms with Crippen molar-refractivity contribution >= 4 is 16.7 Å². The molecule has 116 valence electrons. The van der Waals surface area contributed by atoms with Crippen LogP contribution in [0.15, 0.2) is 36.5 Å². The van der Waals surface area contributed by atoms with E-state index in [1.165, 1.54) is 6.07 Å². The minimum Gasteiger partial charge on any atom is -0.288 e. The molecule has 1 heterocycles. The summed E-state index contributed by atoms with van der Waals surface area (Å²) in [6, 6.07) is 7.85. The SMILES string of the molecule is O=C(c1cnc2ccccc2c1)c1c(F)c(F)c(F)c(F)c1F. The van der Waals surface area contributed by atoms with Gasteiger partial charge in [-0.25, -0.2) is 22.0 Å². The van der Waals surface area contributed by atoms with Crippen molar-refractivity contribution in [2.24, 2.45) is 0 Å². The van der Waals surface area contributed by atoms with Gasteiger partial charge in [-0.05, 0) is 12.1 Å². The minimum atomic E-state index is -2.31. The molecule has 0 aliphatic rings. The lowest BCUT2D eigenvalue weighted by molar-refractivity contribution is 0.102. The average molecular weight is 323 g/mol. The second-order valence-electron chi connectivity index (χ2n) is 4.69. The van der Waals surface area contributed by atoms with Gasteiger partial charge >= 0.3 is 0 Å². The van der Waals surface area contributed by atoms with Crippen LogP contribution in [0.2, 0.25) is 0 Å². The molecule has 0 fully saturated rings. The Morgan fingerprint density at radius 3 is 2.04 bits per heavy atom. The standard InChI is InChI=1S/C16H6F5NO/c17-11-10(12(18)14(20)15(21)13(11)19)16(23)8-5-7-3-1-2-4-9(7)22-6-8/h1-6H. The van der Waals surface area contributed by atoms with E-state index in [1.54, 1.807) is 24.3 Å². The number of para-hydroxylation sites is 1. The summed E-state index contributed by atoms with van der Waals surface area (Å²) in [6.07, 6.45) is 1.02. The van der Waals surface area contributed by atoms with Gasteiger partial charge in [-0.2, -0.15) is 0 Å². The third-order valence-corrected chi connectivity index (χ3v) is 3.29. The summed E-state index contributed by atoms with van der Waals surface area (Å²) in [5.74, 6) is -12.3. The van der Waals surface area contributed by atoms with Crippen LogP contribution in [0.3, 0.4) is 0 Å². The van der Waals surface area contributed by atoms with E-state index in [0.717, 1.165) is 6.20 Å². The monoisotopic (exact) mass is 323 g/mol. The molecule has 0 aliphatic heterocycles. The summed E-state index contributed by atoms with van der Waals surface area (Å²) in [5.41, 5.74) is -1.27. The van der Waals surface area contributed by atoms with E-state index >= 15 is 0 Å². The van der Waals surface area contributed by atoms with Crippen molar-refractivity contribution in [1.29, 1.82) is 0 Å². The largest absolute Gasteiger partial charge is 0.288 e. The van der Waals surface area contributed by atoms with E-state index in [2.05, 4.69) is 4.98 Å². The van der Waals surface area contributed by atoms with Gasteiger partial charge < -0.3 is 0 Å². The number of carbonyl (C=O) groups is 1. The minimum absolute atomic E-state index is 0.285. The first-order valence-corrected chi connectivity index (χ1v) is 6.32. The molecule has 0 aliphatic carbocycles. The fourth-order valence-electron chi connectivity index (χ4n) is 2.14. The number of hydrogen-bond donors (Lipinski definition) is 0. The third-order valence-electron chi connectivity index (χ3n) is 3.29. The van der Waals surface area contributed by atoms with Gasteiger partial charge in [0.2, 0.25) is 11.6 Å². The first-order chi connectivity index (χ1) is 10.9. The maximum atomic E-state index is 13.7. The summed E-state index contributed by atoms with van der Waals surface area (Å²) < 4.78 is 66.8. The molecule has 0 N–H and O–H groups in total. The molecule has 0 atom stereocenters. The fraction of sp³-hybridized carbons (Fsp3) is 0. The van der Waals surface area contributed by atoms with Gasteiger partial charge in [-0.3, -0.25) is 9.78 Å². The number of hydrogen-bond acceptors (Lipinski definition) is 2. The number of pyridine rings is 1. The quantitative estimate of drug-likeness (QED) is 0.307. The Hall–Kier alpha value is -2.83. The summed E-state index contributed by atoms with van der Waals surface area (Å²) >= 11 is 0. The lowest BCUT2D eigenvalue weighted by atomic mass is 10.0. The predicted molar refractivity (Wildman–Crippen MR) is 71.4 cm³/mol. The van der Waals surface area contributed by atoms with Crippen molar-refractivity contribution in [3.8, 4) is 0 Å². The van der Waals surface area contributed by atoms with Crippen LogP contribution in [0.5, 0.6) is 0 Å². The molecule has 0 saturated heterocycles. The highest BCUT2D eigenvalue weighted by atomic mass is 19.2. The molecule has 0 bridgehead atoms. The number of rotatable bonds is 2. The van der Waals surface area contributed by atoms with Crippen molar-refractivity contribution in [3.63, 3.8) is 0 Å². The normalized spacial score (nSPS) is 11.0. The molecule has 7 heteroatoms. The summed E-state index contributed by atoms with van der Waals surface area (Å²) in [7, 11) is 0. The van der Waals surface area contributed by atoms with Gasteiger partial charge in [0.15, 0.2) is 23.3 Å². The molecule has 0 spiro atoms. The topological polar surface area (TPSA) is 30.0 Å². The average Bonchev–Trinajstić information content (AvgIpc) is 2.57. The summed E-state index contributed by atoms with van der Waals surface area (Å²) in [6.45, 7) is 0. The summed E-state index contributed by atoms with van der Waals surface area (Å²) in [5, 5.41) is 0.488. The van der Waals surface area contributed by atoms with Crippen LogP contribution in [0.25, 0.3) is 10.9 Å². The Balaban J connectivity index is 2.20. The molecular formula is C16H6F5NO. The number of carbonyl (C=O) groups excluding carboxylic acids is 1. The maximum Gasteiger partial charge on any atom is 0.200 e. The van der Waals surface area contributed by atoms with E-state index < -0.39 is 40.4 Å². The van der Waals surface area contributed by atoms with E-state index in [9.17, 15) is 26.7 Å². The highest BCUT2D eigenvalue weighted by Crippen LogP contribution is 2.25. The van der Waals surface area contributed by atoms with Crippen LogP contribution in [-0.2, 0) is 0 Å². The van der Waals surface area contributed by atoms with Crippen LogP contribution < -0.4 is 0 Å². The highest BCUT2D eigenvalue weighted by molar-refractivity contribution is 6.10. The van der Waals surface area contributed by atoms with Crippen LogP contribution in [0, 0.1) is 29.1 Å². The van der Waals surface area contributed by atoms with E-state index in [4.69, 9.17) is 0 Å². The molecule has 0 amide bonds. The Morgan fingerprint density at radius 2 is 1.39 bits per heavy atom. The molecule has 0 unspecified atom stereocenters. The Bertz CT molecular complexity index is 926. The van der Waals surface area contributed by atoms with Crippen LogP contribution in [-0.4, -0.2) is 10.8 Å². The number of ketones is 1. The van der Waals surface area contributed by atoms with Gasteiger partial charge in [0.05, 0.1) is 5.52 Å².